The molecule has 9 heteroatoms. The molecule has 3 aromatic carbocycles. The summed E-state index contributed by atoms with van der Waals surface area (Å²) in [6, 6.07) is 17.6. The molecule has 38 heavy (non-hydrogen) atoms. The highest BCUT2D eigenvalue weighted by Gasteiger charge is 2.43. The second-order valence-electron chi connectivity index (χ2n) is 9.15. The number of nitrogens with zero attached hydrogens (tertiary/aromatic N) is 1. The maximum atomic E-state index is 13.9. The molecule has 0 radical (unpaired) electrons. The van der Waals surface area contributed by atoms with Crippen molar-refractivity contribution in [1.82, 2.24) is 10.2 Å². The molecule has 0 saturated carbocycles. The van der Waals surface area contributed by atoms with Gasteiger partial charge in [0.15, 0.2) is 23.0 Å². The number of amides is 2. The van der Waals surface area contributed by atoms with Gasteiger partial charge in [0.2, 0.25) is 5.91 Å². The Kier molecular flexibility index (Phi) is 7.00. The predicted octanol–water partition coefficient (Wildman–Crippen LogP) is 3.58. The molecule has 0 aromatic heterocycles. The fraction of sp³-hybridized carbons (Fsp3) is 0.310. The van der Waals surface area contributed by atoms with E-state index in [4.69, 9.17) is 23.7 Å². The molecule has 198 valence electrons. The lowest BCUT2D eigenvalue weighted by Gasteiger charge is -2.40. The van der Waals surface area contributed by atoms with Gasteiger partial charge in [-0.05, 0) is 47.5 Å². The molecule has 2 amide bonds. The van der Waals surface area contributed by atoms with Gasteiger partial charge in [-0.25, -0.2) is 0 Å². The van der Waals surface area contributed by atoms with E-state index in [-0.39, 0.29) is 24.5 Å². The highest BCUT2D eigenvalue weighted by Crippen LogP contribution is 2.45. The average Bonchev–Trinajstić information content (AvgIpc) is 2.96. The number of carbonyl (C=O) groups excluding carboxylic acids is 2. The van der Waals surface area contributed by atoms with Gasteiger partial charge in [0.05, 0.1) is 39.8 Å². The smallest absolute Gasteiger partial charge is 0.254 e. The normalized spacial score (nSPS) is 19.8. The highest BCUT2D eigenvalue weighted by atomic mass is 16.6. The third-order valence-corrected chi connectivity index (χ3v) is 6.99. The van der Waals surface area contributed by atoms with Crippen LogP contribution in [0.4, 0.5) is 0 Å². The lowest BCUT2D eigenvalue weighted by atomic mass is 9.79. The minimum Gasteiger partial charge on any atom is -0.497 e. The summed E-state index contributed by atoms with van der Waals surface area (Å²) in [5.74, 6) is 1.67. The van der Waals surface area contributed by atoms with Crippen LogP contribution in [0.3, 0.4) is 0 Å². The molecule has 0 unspecified atom stereocenters. The van der Waals surface area contributed by atoms with Gasteiger partial charge in [-0.2, -0.15) is 0 Å². The van der Waals surface area contributed by atoms with Crippen molar-refractivity contribution >= 4 is 11.8 Å². The number of benzene rings is 3. The Balaban J connectivity index is 1.49. The Morgan fingerprint density at radius 1 is 0.974 bits per heavy atom. The lowest BCUT2D eigenvalue weighted by molar-refractivity contribution is -0.124. The summed E-state index contributed by atoms with van der Waals surface area (Å²) in [4.78, 5) is 29.0. The van der Waals surface area contributed by atoms with Gasteiger partial charge in [-0.1, -0.05) is 24.3 Å². The Bertz CT molecular complexity index is 1340. The number of ether oxygens (including phenoxy) is 5. The zero-order chi connectivity index (χ0) is 26.8. The second-order valence-corrected chi connectivity index (χ2v) is 9.15. The van der Waals surface area contributed by atoms with Gasteiger partial charge >= 0.3 is 0 Å². The minimum absolute atomic E-state index is 0.216. The van der Waals surface area contributed by atoms with E-state index in [9.17, 15) is 9.59 Å². The molecule has 2 heterocycles. The molecule has 0 saturated heterocycles. The van der Waals surface area contributed by atoms with Gasteiger partial charge in [0.25, 0.3) is 5.91 Å². The first-order valence-electron chi connectivity index (χ1n) is 12.3. The third kappa shape index (κ3) is 4.55. The van der Waals surface area contributed by atoms with Crippen LogP contribution in [0.5, 0.6) is 28.7 Å². The van der Waals surface area contributed by atoms with Crippen LogP contribution in [-0.2, 0) is 4.79 Å². The van der Waals surface area contributed by atoms with E-state index >= 15 is 0 Å². The van der Waals surface area contributed by atoms with E-state index in [0.29, 0.717) is 46.5 Å². The number of hydrogen-bond donors (Lipinski definition) is 1. The maximum absolute atomic E-state index is 13.9. The van der Waals surface area contributed by atoms with E-state index in [1.807, 2.05) is 48.5 Å². The minimum atomic E-state index is -0.724. The number of fused-ring (bicyclic) bond motifs is 2. The molecule has 3 atom stereocenters. The van der Waals surface area contributed by atoms with Gasteiger partial charge in [0.1, 0.15) is 18.5 Å². The van der Waals surface area contributed by atoms with Crippen LogP contribution in [-0.4, -0.2) is 64.3 Å². The molecule has 1 N–H and O–H groups in total. The number of carbonyl (C=O) groups is 2. The first-order chi connectivity index (χ1) is 18.4. The third-order valence-electron chi connectivity index (χ3n) is 6.99. The highest BCUT2D eigenvalue weighted by molar-refractivity contribution is 6.02. The molecular weight excluding hydrogens is 488 g/mol. The van der Waals surface area contributed by atoms with Crippen molar-refractivity contribution in [3.8, 4) is 28.7 Å². The van der Waals surface area contributed by atoms with E-state index in [0.717, 1.165) is 5.56 Å². The number of para-hydroxylation sites is 2. The molecule has 9 nitrogen and oxygen atoms in total. The SMILES string of the molecule is COc1ccc([C@H]2[C@@H](C(=O)NC[C@@H]3COc4ccccc4O3)c3cc(OC)c(OC)cc3C(=O)N2C)cc1. The summed E-state index contributed by atoms with van der Waals surface area (Å²) in [5.41, 5.74) is 1.75. The van der Waals surface area contributed by atoms with Crippen molar-refractivity contribution in [2.24, 2.45) is 0 Å². The monoisotopic (exact) mass is 518 g/mol. The Hall–Kier alpha value is -4.40. The van der Waals surface area contributed by atoms with Crippen LogP contribution in [0.25, 0.3) is 0 Å². The van der Waals surface area contributed by atoms with Crippen LogP contribution in [0.2, 0.25) is 0 Å². The molecule has 0 spiro atoms. The number of methoxy groups -OCH3 is 3. The van der Waals surface area contributed by atoms with E-state index in [1.165, 1.54) is 14.2 Å². The topological polar surface area (TPSA) is 95.6 Å². The molecule has 3 aromatic rings. The fourth-order valence-corrected chi connectivity index (χ4v) is 5.04. The molecule has 0 bridgehead atoms. The van der Waals surface area contributed by atoms with Crippen molar-refractivity contribution < 1.29 is 33.3 Å². The first-order valence-corrected chi connectivity index (χ1v) is 12.3. The van der Waals surface area contributed by atoms with E-state index in [1.54, 1.807) is 31.2 Å². The van der Waals surface area contributed by atoms with Crippen LogP contribution in [0, 0.1) is 0 Å². The Labute approximate surface area is 221 Å². The van der Waals surface area contributed by atoms with Crippen molar-refractivity contribution in [1.29, 1.82) is 0 Å². The molecular formula is C29H30N2O7. The van der Waals surface area contributed by atoms with E-state index < -0.39 is 12.0 Å². The second kappa shape index (κ2) is 10.5. The predicted molar refractivity (Wildman–Crippen MR) is 139 cm³/mol. The quantitative estimate of drug-likeness (QED) is 0.511. The molecule has 2 aliphatic rings. The summed E-state index contributed by atoms with van der Waals surface area (Å²) in [7, 11) is 6.32. The summed E-state index contributed by atoms with van der Waals surface area (Å²) in [6.45, 7) is 0.545. The van der Waals surface area contributed by atoms with Crippen molar-refractivity contribution in [2.75, 3.05) is 41.5 Å². The van der Waals surface area contributed by atoms with Crippen molar-refractivity contribution in [2.45, 2.75) is 18.1 Å². The van der Waals surface area contributed by atoms with Crippen LogP contribution >= 0.6 is 0 Å². The standard InChI is InChI=1S/C29H30N2O7/c1-31-27(17-9-11-18(34-2)12-10-17)26(20-13-24(35-3)25(36-4)14-21(20)29(31)33)28(32)30-15-19-16-37-22-7-5-6-8-23(22)38-19/h5-14,19,26-27H,15-16H2,1-4H3,(H,30,32)/t19-,26+,27+/m1/s1. The van der Waals surface area contributed by atoms with Gasteiger partial charge in [-0.3, -0.25) is 9.59 Å². The van der Waals surface area contributed by atoms with Crippen LogP contribution in [0.1, 0.15) is 33.4 Å². The number of hydrogen-bond acceptors (Lipinski definition) is 7. The van der Waals surface area contributed by atoms with Gasteiger partial charge in [-0.15, -0.1) is 0 Å². The van der Waals surface area contributed by atoms with E-state index in [2.05, 4.69) is 5.32 Å². The molecule has 0 aliphatic carbocycles. The first kappa shape index (κ1) is 25.3. The van der Waals surface area contributed by atoms with Gasteiger partial charge in [0, 0.05) is 12.6 Å². The maximum Gasteiger partial charge on any atom is 0.254 e. The fourth-order valence-electron chi connectivity index (χ4n) is 5.04. The zero-order valence-electron chi connectivity index (χ0n) is 21.7. The summed E-state index contributed by atoms with van der Waals surface area (Å²) < 4.78 is 28.1. The Morgan fingerprint density at radius 3 is 2.34 bits per heavy atom. The number of rotatable bonds is 7. The lowest BCUT2D eigenvalue weighted by Crippen LogP contribution is -2.48. The zero-order valence-corrected chi connectivity index (χ0v) is 21.7. The largest absolute Gasteiger partial charge is 0.497 e. The summed E-state index contributed by atoms with van der Waals surface area (Å²) >= 11 is 0. The van der Waals surface area contributed by atoms with Gasteiger partial charge < -0.3 is 33.9 Å². The van der Waals surface area contributed by atoms with Crippen LogP contribution in [0.15, 0.2) is 60.7 Å². The van der Waals surface area contributed by atoms with Crippen LogP contribution < -0.4 is 29.0 Å². The average molecular weight is 519 g/mol. The Morgan fingerprint density at radius 2 is 1.66 bits per heavy atom. The number of likely N-dealkylation sites (N-methyl/N-ethyl adjacent to an activating group) is 1. The summed E-state index contributed by atoms with van der Waals surface area (Å²) in [5, 5.41) is 3.04. The molecule has 0 fully saturated rings. The molecule has 5 rings (SSSR count). The molecule has 2 aliphatic heterocycles. The number of nitrogens with one attached hydrogen (secondary N) is 1. The summed E-state index contributed by atoms with van der Waals surface area (Å²) in [6.07, 6.45) is -0.360. The van der Waals surface area contributed by atoms with Crippen molar-refractivity contribution in [3.63, 3.8) is 0 Å². The van der Waals surface area contributed by atoms with Crippen molar-refractivity contribution in [3.05, 3.63) is 77.4 Å².